The van der Waals surface area contributed by atoms with Crippen molar-refractivity contribution in [3.63, 3.8) is 0 Å². The van der Waals surface area contributed by atoms with Crippen LogP contribution >= 0.6 is 0 Å². The molecular weight excluding hydrogens is 216 g/mol. The van der Waals surface area contributed by atoms with Crippen LogP contribution in [-0.2, 0) is 0 Å². The molecule has 1 aromatic heterocycles. The van der Waals surface area contributed by atoms with Gasteiger partial charge in [0.15, 0.2) is 0 Å². The van der Waals surface area contributed by atoms with Crippen molar-refractivity contribution < 1.29 is 0 Å². The summed E-state index contributed by atoms with van der Waals surface area (Å²) in [4.78, 5) is 12.1. The summed E-state index contributed by atoms with van der Waals surface area (Å²) in [6.07, 6.45) is 3.04. The summed E-state index contributed by atoms with van der Waals surface area (Å²) in [5.74, 6) is 2.60. The van der Waals surface area contributed by atoms with E-state index < -0.39 is 0 Å². The van der Waals surface area contributed by atoms with Gasteiger partial charge in [-0.05, 0) is 31.1 Å². The summed E-state index contributed by atoms with van der Waals surface area (Å²) in [6.45, 7) is 0. The number of rotatable bonds is 1. The summed E-state index contributed by atoms with van der Waals surface area (Å²) >= 11 is 0. The third-order valence-electron chi connectivity index (χ3n) is 4.04. The third kappa shape index (κ3) is 1.58. The second-order valence-corrected chi connectivity index (χ2v) is 4.98. The topological polar surface area (TPSA) is 114 Å². The lowest BCUT2D eigenvalue weighted by atomic mass is 9.82. The maximum Gasteiger partial charge on any atom is 0.225 e. The van der Waals surface area contributed by atoms with Gasteiger partial charge in [-0.15, -0.1) is 0 Å². The molecule has 4 N–H and O–H groups in total. The number of hydrogen-bond acceptors (Lipinski definition) is 6. The number of hydrogen-bond donors (Lipinski definition) is 2. The predicted octanol–water partition coefficient (Wildman–Crippen LogP) is 0.689. The Balaban J connectivity index is 1.86. The van der Waals surface area contributed by atoms with E-state index in [0.29, 0.717) is 23.6 Å². The van der Waals surface area contributed by atoms with Gasteiger partial charge in [-0.2, -0.15) is 20.2 Å². The smallest absolute Gasteiger partial charge is 0.225 e. The molecule has 6 heteroatoms. The minimum atomic E-state index is 0.187. The van der Waals surface area contributed by atoms with Crippen LogP contribution in [0.1, 0.15) is 31.0 Å². The molecule has 3 rings (SSSR count). The van der Waals surface area contributed by atoms with Crippen molar-refractivity contribution in [3.8, 4) is 6.07 Å². The molecule has 0 spiro atoms. The van der Waals surface area contributed by atoms with Crippen LogP contribution < -0.4 is 11.5 Å². The predicted molar refractivity (Wildman–Crippen MR) is 61.3 cm³/mol. The summed E-state index contributed by atoms with van der Waals surface area (Å²) in [5, 5.41) is 9.00. The van der Waals surface area contributed by atoms with E-state index in [9.17, 15) is 0 Å². The van der Waals surface area contributed by atoms with E-state index in [1.165, 1.54) is 0 Å². The average Bonchev–Trinajstić information content (AvgIpc) is 2.86. The normalized spacial score (nSPS) is 34.8. The zero-order valence-corrected chi connectivity index (χ0v) is 9.37. The van der Waals surface area contributed by atoms with E-state index in [1.54, 1.807) is 0 Å². The minimum absolute atomic E-state index is 0.187. The van der Waals surface area contributed by atoms with Gasteiger partial charge in [-0.25, -0.2) is 0 Å². The van der Waals surface area contributed by atoms with E-state index in [2.05, 4.69) is 21.0 Å². The first-order valence-corrected chi connectivity index (χ1v) is 5.84. The largest absolute Gasteiger partial charge is 0.368 e. The van der Waals surface area contributed by atoms with Crippen molar-refractivity contribution in [2.24, 2.45) is 17.8 Å². The van der Waals surface area contributed by atoms with Gasteiger partial charge in [0.1, 0.15) is 5.82 Å². The molecule has 0 aromatic carbocycles. The maximum absolute atomic E-state index is 9.00. The molecule has 2 bridgehead atoms. The Morgan fingerprint density at radius 2 is 1.71 bits per heavy atom. The Bertz CT molecular complexity index is 473. The molecule has 2 aliphatic carbocycles. The van der Waals surface area contributed by atoms with E-state index >= 15 is 0 Å². The zero-order valence-electron chi connectivity index (χ0n) is 9.37. The zero-order chi connectivity index (χ0) is 12.0. The van der Waals surface area contributed by atoms with Crippen molar-refractivity contribution >= 4 is 11.9 Å². The van der Waals surface area contributed by atoms with Gasteiger partial charge < -0.3 is 11.5 Å². The molecule has 2 fully saturated rings. The minimum Gasteiger partial charge on any atom is -0.368 e. The Morgan fingerprint density at radius 1 is 1.00 bits per heavy atom. The van der Waals surface area contributed by atoms with Crippen molar-refractivity contribution in [1.29, 1.82) is 5.26 Å². The van der Waals surface area contributed by atoms with Crippen molar-refractivity contribution in [2.45, 2.75) is 25.2 Å². The van der Waals surface area contributed by atoms with Gasteiger partial charge in [0.05, 0.1) is 6.07 Å². The van der Waals surface area contributed by atoms with Crippen LogP contribution in [0.4, 0.5) is 11.9 Å². The monoisotopic (exact) mass is 230 g/mol. The van der Waals surface area contributed by atoms with Crippen LogP contribution in [0.5, 0.6) is 0 Å². The lowest BCUT2D eigenvalue weighted by Crippen LogP contribution is -2.19. The van der Waals surface area contributed by atoms with E-state index in [4.69, 9.17) is 16.7 Å². The van der Waals surface area contributed by atoms with Crippen molar-refractivity contribution in [2.75, 3.05) is 11.5 Å². The van der Waals surface area contributed by atoms with Gasteiger partial charge >= 0.3 is 0 Å². The molecule has 0 saturated heterocycles. The molecule has 0 radical (unpaired) electrons. The quantitative estimate of drug-likeness (QED) is 0.733. The summed E-state index contributed by atoms with van der Waals surface area (Å²) in [7, 11) is 0. The highest BCUT2D eigenvalue weighted by molar-refractivity contribution is 5.28. The van der Waals surface area contributed by atoms with Crippen molar-refractivity contribution in [3.05, 3.63) is 5.82 Å². The summed E-state index contributed by atoms with van der Waals surface area (Å²) in [6, 6.07) is 2.39. The van der Waals surface area contributed by atoms with Gasteiger partial charge in [-0.1, -0.05) is 0 Å². The second kappa shape index (κ2) is 3.55. The highest BCUT2D eigenvalue weighted by Crippen LogP contribution is 2.54. The van der Waals surface area contributed by atoms with Crippen LogP contribution in [0.3, 0.4) is 0 Å². The number of anilines is 2. The number of nitrogen functional groups attached to an aromatic ring is 2. The highest BCUT2D eigenvalue weighted by atomic mass is 15.1. The number of nitriles is 1. The van der Waals surface area contributed by atoms with Gasteiger partial charge in [0.2, 0.25) is 11.9 Å². The molecule has 2 aliphatic rings. The Kier molecular flexibility index (Phi) is 2.15. The molecule has 6 nitrogen and oxygen atoms in total. The van der Waals surface area contributed by atoms with Gasteiger partial charge in [0, 0.05) is 11.8 Å². The molecule has 4 atom stereocenters. The van der Waals surface area contributed by atoms with Gasteiger partial charge in [-0.3, -0.25) is 0 Å². The fraction of sp³-hybridized carbons (Fsp3) is 0.636. The molecule has 4 unspecified atom stereocenters. The van der Waals surface area contributed by atoms with E-state index in [-0.39, 0.29) is 17.8 Å². The van der Waals surface area contributed by atoms with Crippen LogP contribution in [-0.4, -0.2) is 15.0 Å². The average molecular weight is 230 g/mol. The summed E-state index contributed by atoms with van der Waals surface area (Å²) < 4.78 is 0. The Morgan fingerprint density at radius 3 is 2.24 bits per heavy atom. The van der Waals surface area contributed by atoms with Crippen LogP contribution in [0, 0.1) is 29.1 Å². The number of nitrogens with zero attached hydrogens (tertiary/aromatic N) is 4. The first kappa shape index (κ1) is 10.3. The third-order valence-corrected chi connectivity index (χ3v) is 4.04. The van der Waals surface area contributed by atoms with Crippen LogP contribution in [0.2, 0.25) is 0 Å². The fourth-order valence-corrected chi connectivity index (χ4v) is 3.34. The molecule has 0 aliphatic heterocycles. The molecule has 1 heterocycles. The first-order valence-electron chi connectivity index (χ1n) is 5.84. The fourth-order valence-electron chi connectivity index (χ4n) is 3.34. The second-order valence-electron chi connectivity index (χ2n) is 4.98. The summed E-state index contributed by atoms with van der Waals surface area (Å²) in [5.41, 5.74) is 11.2. The van der Waals surface area contributed by atoms with Crippen molar-refractivity contribution in [1.82, 2.24) is 15.0 Å². The molecule has 0 amide bonds. The molecule has 2 saturated carbocycles. The highest BCUT2D eigenvalue weighted by Gasteiger charge is 2.47. The van der Waals surface area contributed by atoms with Gasteiger partial charge in [0.25, 0.3) is 0 Å². The molecule has 1 aromatic rings. The number of aromatic nitrogens is 3. The molecular formula is C11H14N6. The SMILES string of the molecule is N#CC1CC2CC1CC2c1nc(N)nc(N)n1. The molecule has 88 valence electrons. The van der Waals surface area contributed by atoms with Crippen LogP contribution in [0.25, 0.3) is 0 Å². The molecule has 17 heavy (non-hydrogen) atoms. The maximum atomic E-state index is 9.00. The lowest BCUT2D eigenvalue weighted by Gasteiger charge is -2.23. The van der Waals surface area contributed by atoms with E-state index in [1.807, 2.05) is 0 Å². The Hall–Kier alpha value is -1.90. The standard InChI is InChI=1S/C11H14N6/c12-4-7-2-6-1-5(7)3-8(6)9-15-10(13)17-11(14)16-9/h5-8H,1-3H2,(H4,13,14,15,16,17). The van der Waals surface area contributed by atoms with E-state index in [0.717, 1.165) is 19.3 Å². The van der Waals surface area contributed by atoms with Crippen LogP contribution in [0.15, 0.2) is 0 Å². The first-order chi connectivity index (χ1) is 8.17. The number of fused-ring (bicyclic) bond motifs is 2. The number of nitrogens with two attached hydrogens (primary N) is 2. The lowest BCUT2D eigenvalue weighted by molar-refractivity contribution is 0.352. The Labute approximate surface area is 99.1 Å².